The fraction of sp³-hybridized carbons (Fsp3) is 0.688. The molecule has 3 rings (SSSR count). The fourth-order valence-corrected chi connectivity index (χ4v) is 8.42. The highest BCUT2D eigenvalue weighted by Gasteiger charge is 2.51. The van der Waals surface area contributed by atoms with Crippen LogP contribution in [0.3, 0.4) is 0 Å². The van der Waals surface area contributed by atoms with Gasteiger partial charge in [-0.3, -0.25) is 18.9 Å². The normalized spacial score (nSPS) is 19.5. The van der Waals surface area contributed by atoms with Gasteiger partial charge < -0.3 is 29.7 Å². The van der Waals surface area contributed by atoms with Crippen molar-refractivity contribution in [3.05, 3.63) is 71.8 Å². The second kappa shape index (κ2) is 31.4. The van der Waals surface area contributed by atoms with Crippen LogP contribution in [0.5, 0.6) is 0 Å². The third-order valence-corrected chi connectivity index (χ3v) is 11.9. The van der Waals surface area contributed by atoms with Crippen LogP contribution in [-0.4, -0.2) is 84.4 Å². The summed E-state index contributed by atoms with van der Waals surface area (Å²) >= 11 is 0. The van der Waals surface area contributed by atoms with Gasteiger partial charge in [-0.15, -0.1) is 0 Å². The largest absolute Gasteiger partial charge is 0.457 e. The summed E-state index contributed by atoms with van der Waals surface area (Å²) in [4.78, 5) is 40.3. The fourth-order valence-electron chi connectivity index (χ4n) is 7.91. The molecule has 0 saturated carbocycles. The molecule has 13 nitrogen and oxygen atoms in total. The zero-order valence-electron chi connectivity index (χ0n) is 37.0. The van der Waals surface area contributed by atoms with Crippen LogP contribution in [0.4, 0.5) is 0 Å². The van der Waals surface area contributed by atoms with Gasteiger partial charge in [0.05, 0.1) is 6.61 Å². The molecule has 0 aliphatic carbocycles. The number of nitrogens with one attached hydrogen (secondary N) is 1. The van der Waals surface area contributed by atoms with Gasteiger partial charge in [0.25, 0.3) is 5.91 Å². The highest BCUT2D eigenvalue weighted by atomic mass is 32.3. The molecule has 1 fully saturated rings. The van der Waals surface area contributed by atoms with Gasteiger partial charge in [0.1, 0.15) is 18.2 Å². The SMILES string of the molecule is CCCCCCCCCCC(OC(=O)CCCCCCCCc1ccccc1)C(=O)N[C@H]1C(O)O[C@H](CO)[C@@H](OS(=O)(=O)O)[C@@H]1OC(=O)CCCCCCCCc1ccccc1. The van der Waals surface area contributed by atoms with Crippen LogP contribution in [-0.2, 0) is 56.0 Å². The molecule has 2 unspecified atom stereocenters. The van der Waals surface area contributed by atoms with Crippen LogP contribution >= 0.6 is 0 Å². The van der Waals surface area contributed by atoms with E-state index in [2.05, 4.69) is 36.5 Å². The Morgan fingerprint density at radius 2 is 1.13 bits per heavy atom. The monoisotopic (exact) mass is 890 g/mol. The summed E-state index contributed by atoms with van der Waals surface area (Å²) in [6.07, 6.45) is 12.9. The van der Waals surface area contributed by atoms with Crippen molar-refractivity contribution in [1.82, 2.24) is 5.32 Å². The third kappa shape index (κ3) is 22.8. The average Bonchev–Trinajstić information content (AvgIpc) is 3.25. The van der Waals surface area contributed by atoms with E-state index in [1.165, 1.54) is 24.0 Å². The second-order valence-electron chi connectivity index (χ2n) is 16.7. The number of ether oxygens (including phenoxy) is 3. The van der Waals surface area contributed by atoms with Crippen molar-refractivity contribution in [2.45, 2.75) is 204 Å². The van der Waals surface area contributed by atoms with Crippen LogP contribution in [0.25, 0.3) is 0 Å². The number of unbranched alkanes of at least 4 members (excludes halogenated alkanes) is 17. The first-order valence-electron chi connectivity index (χ1n) is 23.4. The Morgan fingerprint density at radius 3 is 1.63 bits per heavy atom. The average molecular weight is 890 g/mol. The van der Waals surface area contributed by atoms with Crippen molar-refractivity contribution in [3.8, 4) is 0 Å². The number of carbonyl (C=O) groups is 3. The van der Waals surface area contributed by atoms with Gasteiger partial charge >= 0.3 is 22.3 Å². The molecule has 0 spiro atoms. The Kier molecular flexibility index (Phi) is 26.9. The lowest BCUT2D eigenvalue weighted by atomic mass is 9.96. The van der Waals surface area contributed by atoms with Gasteiger partial charge in [-0.2, -0.15) is 8.42 Å². The highest BCUT2D eigenvalue weighted by Crippen LogP contribution is 2.28. The van der Waals surface area contributed by atoms with E-state index in [1.807, 2.05) is 36.4 Å². The van der Waals surface area contributed by atoms with E-state index in [9.17, 15) is 37.6 Å². The van der Waals surface area contributed by atoms with E-state index in [1.54, 1.807) is 0 Å². The number of amides is 1. The van der Waals surface area contributed by atoms with Crippen LogP contribution < -0.4 is 5.32 Å². The minimum absolute atomic E-state index is 0.0487. The van der Waals surface area contributed by atoms with Crippen LogP contribution in [0.2, 0.25) is 0 Å². The minimum Gasteiger partial charge on any atom is -0.457 e. The lowest BCUT2D eigenvalue weighted by molar-refractivity contribution is -0.254. The number of aryl methyl sites for hydroxylation is 2. The molecule has 2 aromatic rings. The van der Waals surface area contributed by atoms with E-state index in [0.717, 1.165) is 109 Å². The van der Waals surface area contributed by atoms with E-state index in [-0.39, 0.29) is 19.3 Å². The number of esters is 2. The van der Waals surface area contributed by atoms with E-state index in [4.69, 9.17) is 18.4 Å². The summed E-state index contributed by atoms with van der Waals surface area (Å²) in [6.45, 7) is 1.29. The summed E-state index contributed by atoms with van der Waals surface area (Å²) < 4.78 is 55.2. The second-order valence-corrected chi connectivity index (χ2v) is 17.7. The first-order chi connectivity index (χ1) is 30.0. The summed E-state index contributed by atoms with van der Waals surface area (Å²) in [5.41, 5.74) is 2.62. The molecule has 6 atom stereocenters. The van der Waals surface area contributed by atoms with Crippen molar-refractivity contribution in [2.75, 3.05) is 6.61 Å². The molecule has 1 heterocycles. The van der Waals surface area contributed by atoms with Gasteiger partial charge in [-0.25, -0.2) is 4.18 Å². The Morgan fingerprint density at radius 1 is 0.661 bits per heavy atom. The van der Waals surface area contributed by atoms with Gasteiger partial charge in [-0.1, -0.05) is 164 Å². The number of rotatable bonds is 34. The Bertz CT molecular complexity index is 1610. The Labute approximate surface area is 371 Å². The lowest BCUT2D eigenvalue weighted by Gasteiger charge is -2.43. The Hall–Kier alpha value is -3.40. The van der Waals surface area contributed by atoms with Crippen LogP contribution in [0.1, 0.15) is 166 Å². The summed E-state index contributed by atoms with van der Waals surface area (Å²) in [7, 11) is -5.19. The molecule has 0 radical (unpaired) electrons. The topological polar surface area (TPSA) is 195 Å². The number of hydrogen-bond donors (Lipinski definition) is 4. The van der Waals surface area contributed by atoms with Crippen molar-refractivity contribution in [2.24, 2.45) is 0 Å². The predicted octanol–water partition coefficient (Wildman–Crippen LogP) is 8.67. The first-order valence-corrected chi connectivity index (χ1v) is 24.7. The molecular formula is C48H75NO12S. The van der Waals surface area contributed by atoms with Crippen molar-refractivity contribution < 1.29 is 56.0 Å². The smallest absolute Gasteiger partial charge is 0.397 e. The first kappa shape index (κ1) is 52.9. The lowest BCUT2D eigenvalue weighted by Crippen LogP contribution is -2.67. The molecule has 1 amide bonds. The zero-order valence-corrected chi connectivity index (χ0v) is 37.9. The molecule has 1 saturated heterocycles. The summed E-state index contributed by atoms with van der Waals surface area (Å²) in [5, 5.41) is 23.7. The van der Waals surface area contributed by atoms with Gasteiger partial charge in [0.15, 0.2) is 18.5 Å². The molecule has 350 valence electrons. The third-order valence-electron chi connectivity index (χ3n) is 11.4. The van der Waals surface area contributed by atoms with Gasteiger partial charge in [-0.05, 0) is 62.5 Å². The van der Waals surface area contributed by atoms with Gasteiger partial charge in [0, 0.05) is 12.8 Å². The summed E-state index contributed by atoms with van der Waals surface area (Å²) in [6, 6.07) is 19.0. The van der Waals surface area contributed by atoms with E-state index < -0.39 is 71.6 Å². The van der Waals surface area contributed by atoms with E-state index >= 15 is 0 Å². The van der Waals surface area contributed by atoms with Crippen molar-refractivity contribution in [1.29, 1.82) is 0 Å². The minimum atomic E-state index is -5.19. The maximum Gasteiger partial charge on any atom is 0.397 e. The van der Waals surface area contributed by atoms with E-state index in [0.29, 0.717) is 19.3 Å². The molecule has 14 heteroatoms. The van der Waals surface area contributed by atoms with Crippen molar-refractivity contribution in [3.63, 3.8) is 0 Å². The summed E-state index contributed by atoms with van der Waals surface area (Å²) in [5.74, 6) is -2.10. The molecule has 2 aromatic carbocycles. The molecule has 1 aliphatic heterocycles. The molecule has 62 heavy (non-hydrogen) atoms. The quantitative estimate of drug-likeness (QED) is 0.0297. The molecule has 1 aliphatic rings. The number of benzene rings is 2. The Balaban J connectivity index is 1.58. The maximum atomic E-state index is 13.9. The zero-order chi connectivity index (χ0) is 44.8. The molecular weight excluding hydrogens is 815 g/mol. The molecule has 0 aromatic heterocycles. The standard InChI is InChI=1S/C48H75NO12S/c1-2-3-4-5-6-7-14-25-34-40(58-42(51)35-26-15-10-8-12-19-28-38-30-21-17-22-31-38)47(53)49-44-46(45(61-62(55,56)57)41(37-50)59-48(44)54)60-43(52)36-27-16-11-9-13-20-29-39-32-23-18-24-33-39/h17-18,21-24,30-33,40-41,44-46,48,50,54H,2-16,19-20,25-29,34-37H2,1H3,(H,49,53)(H,55,56,57)/t40?,41-,44-,45-,46-,48?/m1/s1. The highest BCUT2D eigenvalue weighted by molar-refractivity contribution is 7.80. The number of aliphatic hydroxyl groups excluding tert-OH is 2. The number of carbonyl (C=O) groups excluding carboxylic acids is 3. The van der Waals surface area contributed by atoms with Gasteiger partial charge in [0.2, 0.25) is 0 Å². The van der Waals surface area contributed by atoms with Crippen molar-refractivity contribution >= 4 is 28.2 Å². The molecule has 4 N–H and O–H groups in total. The predicted molar refractivity (Wildman–Crippen MR) is 238 cm³/mol. The van der Waals surface area contributed by atoms with Crippen LogP contribution in [0, 0.1) is 0 Å². The van der Waals surface area contributed by atoms with Crippen LogP contribution in [0.15, 0.2) is 60.7 Å². The number of aliphatic hydroxyl groups is 2. The maximum absolute atomic E-state index is 13.9. The molecule has 0 bridgehead atoms. The number of hydrogen-bond acceptors (Lipinski definition) is 11.